The topological polar surface area (TPSA) is 258 Å². The van der Waals surface area contributed by atoms with Gasteiger partial charge in [-0.15, -0.1) is 0 Å². The Morgan fingerprint density at radius 1 is 0.235 bits per heavy atom. The lowest BCUT2D eigenvalue weighted by atomic mass is 9.94. The number of thioether (sulfide) groups is 1. The van der Waals surface area contributed by atoms with Crippen molar-refractivity contribution in [2.75, 3.05) is 152 Å². The van der Waals surface area contributed by atoms with Crippen LogP contribution >= 0.6 is 11.8 Å². The molecule has 30 atom stereocenters. The first-order chi connectivity index (χ1) is 39.5. The molecule has 13 fully saturated rings. The van der Waals surface area contributed by atoms with Crippen molar-refractivity contribution in [3.63, 3.8) is 0 Å². The average Bonchev–Trinajstić information content (AvgIpc) is 3.62. The van der Waals surface area contributed by atoms with E-state index in [1.54, 1.807) is 64.0 Å². The molecule has 0 saturated carbocycles. The summed E-state index contributed by atoms with van der Waals surface area (Å²) in [6, 6.07) is 0. The fourth-order valence-corrected chi connectivity index (χ4v) is 13.8. The lowest BCUT2D eigenvalue weighted by molar-refractivity contribution is -0.407. The number of hydrogen-bond acceptors (Lipinski definition) is 29. The van der Waals surface area contributed by atoms with Crippen molar-refractivity contribution in [3.05, 3.63) is 0 Å². The maximum Gasteiger partial charge on any atom is 0.187 e. The summed E-state index contributed by atoms with van der Waals surface area (Å²) in [6.07, 6.45) is -28.4. The Morgan fingerprint density at radius 3 is 0.617 bits per heavy atom. The number of methoxy groups -OCH3 is 16. The molecule has 13 aliphatic heterocycles. The van der Waals surface area contributed by atoms with E-state index < -0.39 is 184 Å². The van der Waals surface area contributed by atoms with E-state index in [1.165, 1.54) is 61.5 Å². The van der Waals surface area contributed by atoms with Gasteiger partial charge in [0.05, 0.1) is 38.6 Å². The molecular formula is C52H90O28S. The Balaban J connectivity index is 1.29. The number of rotatable bonds is 20. The van der Waals surface area contributed by atoms with Crippen molar-refractivity contribution in [1.82, 2.24) is 0 Å². The van der Waals surface area contributed by atoms with Crippen LogP contribution in [0.2, 0.25) is 0 Å². The van der Waals surface area contributed by atoms with Gasteiger partial charge in [0, 0.05) is 125 Å². The molecule has 0 radical (unpaired) electrons. The van der Waals surface area contributed by atoms with E-state index >= 15 is 0 Å². The van der Waals surface area contributed by atoms with Gasteiger partial charge in [0.2, 0.25) is 0 Å². The molecule has 0 aromatic rings. The highest BCUT2D eigenvalue weighted by molar-refractivity contribution is 7.99. The van der Waals surface area contributed by atoms with Crippen LogP contribution in [0.3, 0.4) is 0 Å². The summed E-state index contributed by atoms with van der Waals surface area (Å²) in [6.45, 7) is 0.0834. The third kappa shape index (κ3) is 13.8. The van der Waals surface area contributed by atoms with Crippen molar-refractivity contribution in [2.24, 2.45) is 0 Å². The Kier molecular flexibility index (Phi) is 25.7. The Labute approximate surface area is 479 Å². The SMILES string of the molecule is COC[C@H]1O[C@@H]2O[C@H]3[C@@H](OC)[C@@H](OC)[C@H]4O[C@H]3CSC[C@@H]3O[C@@H](O[C@@H]1[C@@H](OC)[C@H]2OC)[C@H](OC)[C@H](OC)[C@@H]3O[C@H]1O[C@H](COC)[C@H](O[C@H]2O[C@H](COC)[C@H](O[C@H]3O[C@H](COC)[C@H](O4)C(OC)[C@H]3OC)C(OC)[C@H]2OC)[C@H](OC)[C@H]1OC. The second-order valence-corrected chi connectivity index (χ2v) is 21.7. The molecular weight excluding hydrogens is 1100 g/mol. The van der Waals surface area contributed by atoms with Crippen LogP contribution in [-0.4, -0.2) is 336 Å². The number of ether oxygens (including phenoxy) is 28. The highest BCUT2D eigenvalue weighted by atomic mass is 32.2. The van der Waals surface area contributed by atoms with Gasteiger partial charge in [-0.05, 0) is 0 Å². The lowest BCUT2D eigenvalue weighted by Crippen LogP contribution is -2.70. The van der Waals surface area contributed by atoms with Gasteiger partial charge in [-0.1, -0.05) is 0 Å². The quantitative estimate of drug-likeness (QED) is 0.144. The first kappa shape index (κ1) is 66.2. The largest absolute Gasteiger partial charge is 0.382 e. The zero-order valence-corrected chi connectivity index (χ0v) is 50.2. The standard InChI is InChI=1S/C52H90O28S/c1-53-17-23-29-35(57-5)41(63-11)47(69-23)76-30-24(18-54-2)71-49(43(65-13)36(30)58-6)79-33-27-21-81-22-28-34(40(62-10)45(67-15)51(73-28)77-31-25(19-55-3)70-48(75-29)42(64-12)37(31)59-7)80-50-44(66-14)38(60-8)32(26(72-50)20-56-4)78-52(74-27)46(68-16)39(33)61-9/h23-52H,17-22H2,1-16H3/t23-,24-,25-,26-,27+,28+,29+,30+,31+,32+,33-,34-,35?,36+,37?,38-,39-,40-,41-,42-,43-,44-,45-,46-,47-,48-,49-,50-,51+,52+/m1/s1. The molecule has 12 bridgehead atoms. The monoisotopic (exact) mass is 1190 g/mol. The predicted octanol–water partition coefficient (Wildman–Crippen LogP) is -0.827. The third-order valence-corrected chi connectivity index (χ3v) is 17.6. The van der Waals surface area contributed by atoms with Crippen molar-refractivity contribution in [3.8, 4) is 0 Å². The Morgan fingerprint density at radius 2 is 0.420 bits per heavy atom. The molecule has 81 heavy (non-hydrogen) atoms. The predicted molar refractivity (Wildman–Crippen MR) is 276 cm³/mol. The third-order valence-electron chi connectivity index (χ3n) is 16.4. The second kappa shape index (κ2) is 31.4. The van der Waals surface area contributed by atoms with Crippen molar-refractivity contribution < 1.29 is 133 Å². The summed E-state index contributed by atoms with van der Waals surface area (Å²) in [5, 5.41) is 0. The normalized spacial score (nSPS) is 48.0. The Hall–Kier alpha value is -0.770. The van der Waals surface area contributed by atoms with Crippen LogP contribution in [0.15, 0.2) is 0 Å². The van der Waals surface area contributed by atoms with E-state index in [0.29, 0.717) is 0 Å². The van der Waals surface area contributed by atoms with Crippen LogP contribution < -0.4 is 0 Å². The molecule has 13 heterocycles. The highest BCUT2D eigenvalue weighted by Crippen LogP contribution is 2.43. The van der Waals surface area contributed by atoms with Gasteiger partial charge in [0.1, 0.15) is 134 Å². The van der Waals surface area contributed by atoms with Crippen LogP contribution in [0.25, 0.3) is 0 Å². The molecule has 28 nitrogen and oxygen atoms in total. The first-order valence-corrected chi connectivity index (χ1v) is 28.4. The minimum Gasteiger partial charge on any atom is -0.382 e. The molecule has 0 aromatic heterocycles. The summed E-state index contributed by atoms with van der Waals surface area (Å²) in [5.74, 6) is 0.504. The number of fused-ring (bicyclic) bond motifs is 3. The van der Waals surface area contributed by atoms with Crippen LogP contribution in [-0.2, 0) is 133 Å². The molecule has 13 saturated heterocycles. The van der Waals surface area contributed by atoms with Gasteiger partial charge in [0.15, 0.2) is 37.7 Å². The molecule has 472 valence electrons. The summed E-state index contributed by atoms with van der Waals surface area (Å²) in [4.78, 5) is 0. The molecule has 0 N–H and O–H groups in total. The molecule has 13 rings (SSSR count). The van der Waals surface area contributed by atoms with Gasteiger partial charge in [-0.3, -0.25) is 0 Å². The highest BCUT2D eigenvalue weighted by Gasteiger charge is 2.61. The van der Waals surface area contributed by atoms with E-state index in [1.807, 2.05) is 0 Å². The summed E-state index contributed by atoms with van der Waals surface area (Å²) < 4.78 is 182. The smallest absolute Gasteiger partial charge is 0.187 e. The van der Waals surface area contributed by atoms with Crippen LogP contribution in [0.1, 0.15) is 0 Å². The van der Waals surface area contributed by atoms with Crippen LogP contribution in [0.4, 0.5) is 0 Å². The minimum atomic E-state index is -1.17. The molecule has 0 spiro atoms. The van der Waals surface area contributed by atoms with E-state index in [2.05, 4.69) is 0 Å². The average molecular weight is 1200 g/mol. The molecule has 29 heteroatoms. The van der Waals surface area contributed by atoms with Crippen LogP contribution in [0, 0.1) is 0 Å². The zero-order valence-electron chi connectivity index (χ0n) is 49.4. The molecule has 13 aliphatic rings. The van der Waals surface area contributed by atoms with E-state index in [9.17, 15) is 0 Å². The second-order valence-electron chi connectivity index (χ2n) is 20.6. The molecule has 0 aromatic carbocycles. The van der Waals surface area contributed by atoms with Crippen LogP contribution in [0.5, 0.6) is 0 Å². The number of hydrogen-bond donors (Lipinski definition) is 0. The van der Waals surface area contributed by atoms with Gasteiger partial charge >= 0.3 is 0 Å². The fraction of sp³-hybridized carbons (Fsp3) is 1.00. The van der Waals surface area contributed by atoms with Gasteiger partial charge in [0.25, 0.3) is 0 Å². The summed E-state index contributed by atoms with van der Waals surface area (Å²) >= 11 is 1.48. The zero-order chi connectivity index (χ0) is 58.1. The summed E-state index contributed by atoms with van der Waals surface area (Å²) in [5.41, 5.74) is 0. The Bertz CT molecular complexity index is 1820. The van der Waals surface area contributed by atoms with Crippen molar-refractivity contribution in [1.29, 1.82) is 0 Å². The maximum atomic E-state index is 7.17. The van der Waals surface area contributed by atoms with E-state index in [-0.39, 0.29) is 37.9 Å². The molecule has 0 aliphatic carbocycles. The molecule has 2 unspecified atom stereocenters. The van der Waals surface area contributed by atoms with Crippen molar-refractivity contribution in [2.45, 2.75) is 184 Å². The first-order valence-electron chi connectivity index (χ1n) is 27.2. The maximum absolute atomic E-state index is 7.17. The fourth-order valence-electron chi connectivity index (χ4n) is 12.7. The van der Waals surface area contributed by atoms with E-state index in [4.69, 9.17) is 133 Å². The van der Waals surface area contributed by atoms with Gasteiger partial charge in [-0.25, -0.2) is 0 Å². The van der Waals surface area contributed by atoms with Crippen molar-refractivity contribution >= 4 is 11.8 Å². The lowest BCUT2D eigenvalue weighted by Gasteiger charge is -2.53. The van der Waals surface area contributed by atoms with Gasteiger partial charge in [-0.2, -0.15) is 11.8 Å². The van der Waals surface area contributed by atoms with Gasteiger partial charge < -0.3 is 133 Å². The molecule has 0 amide bonds. The minimum absolute atomic E-state index is 0.0104. The van der Waals surface area contributed by atoms with E-state index in [0.717, 1.165) is 0 Å². The summed E-state index contributed by atoms with van der Waals surface area (Å²) in [7, 11) is 24.7.